The van der Waals surface area contributed by atoms with E-state index in [0.717, 1.165) is 0 Å². The summed E-state index contributed by atoms with van der Waals surface area (Å²) in [5, 5.41) is 0.563. The number of ether oxygens (including phenoxy) is 1. The number of carbonyl (C=O) groups is 1. The van der Waals surface area contributed by atoms with Crippen LogP contribution in [0.25, 0.3) is 22.2 Å². The van der Waals surface area contributed by atoms with Gasteiger partial charge in [0.1, 0.15) is 23.5 Å². The van der Waals surface area contributed by atoms with Gasteiger partial charge in [-0.3, -0.25) is 4.79 Å². The number of halogens is 2. The van der Waals surface area contributed by atoms with Crippen LogP contribution in [0.1, 0.15) is 25.6 Å². The minimum Gasteiger partial charge on any atom is -0.492 e. The number of nitrogen functional groups attached to an aromatic ring is 1. The normalized spacial score (nSPS) is 20.5. The van der Waals surface area contributed by atoms with Gasteiger partial charge in [-0.2, -0.15) is 0 Å². The Hall–Kier alpha value is -3.38. The molecule has 1 amide bonds. The first-order valence-corrected chi connectivity index (χ1v) is 12.2. The Morgan fingerprint density at radius 1 is 1.34 bits per heavy atom. The van der Waals surface area contributed by atoms with Crippen molar-refractivity contribution in [1.82, 2.24) is 19.4 Å². The van der Waals surface area contributed by atoms with Gasteiger partial charge in [-0.15, -0.1) is 0 Å². The van der Waals surface area contributed by atoms with Gasteiger partial charge in [-0.1, -0.05) is 12.5 Å². The highest BCUT2D eigenvalue weighted by Crippen LogP contribution is 2.51. The minimum absolute atomic E-state index is 0.00957. The number of hydrogen-bond acceptors (Lipinski definition) is 5. The molecule has 1 saturated heterocycles. The predicted molar refractivity (Wildman–Crippen MR) is 136 cm³/mol. The number of hydrogen-bond donors (Lipinski definition) is 1. The Morgan fingerprint density at radius 2 is 2.06 bits per heavy atom. The van der Waals surface area contributed by atoms with E-state index in [1.807, 2.05) is 23.3 Å². The lowest BCUT2D eigenvalue weighted by Crippen LogP contribution is -2.29. The number of fused-ring (bicyclic) bond motifs is 2. The molecule has 35 heavy (non-hydrogen) atoms. The maximum atomic E-state index is 15.7. The fourth-order valence-electron chi connectivity index (χ4n) is 5.16. The molecule has 2 aliphatic rings. The average Bonchev–Trinajstić information content (AvgIpc) is 3.15. The van der Waals surface area contributed by atoms with Crippen molar-refractivity contribution in [3.05, 3.63) is 47.1 Å². The maximum absolute atomic E-state index is 15.7. The van der Waals surface area contributed by atoms with Crippen molar-refractivity contribution in [2.45, 2.75) is 19.9 Å². The van der Waals surface area contributed by atoms with Crippen LogP contribution in [-0.2, 0) is 4.79 Å². The molecule has 2 unspecified atom stereocenters. The molecule has 0 bridgehead atoms. The number of amides is 1. The molecule has 1 aromatic carbocycles. The topological polar surface area (TPSA) is 86.3 Å². The van der Waals surface area contributed by atoms with E-state index >= 15 is 4.39 Å². The molecular weight excluding hydrogens is 513 g/mol. The number of rotatable bonds is 4. The summed E-state index contributed by atoms with van der Waals surface area (Å²) in [6, 6.07) is 3.41. The highest BCUT2D eigenvalue weighted by atomic mass is 79.9. The third kappa shape index (κ3) is 3.67. The Kier molecular flexibility index (Phi) is 5.80. The zero-order chi connectivity index (χ0) is 25.0. The SMILES string of the molecule is C=CC(=O)N1CC2C(C#Cc3c(-c4ccc(Br)c(OC)c4F)c4c(N)ncnc4n3C(C)C)C2C1. The number of piperidine rings is 1. The summed E-state index contributed by atoms with van der Waals surface area (Å²) in [7, 11) is 1.43. The summed E-state index contributed by atoms with van der Waals surface area (Å²) >= 11 is 3.35. The van der Waals surface area contributed by atoms with Crippen molar-refractivity contribution in [3.8, 4) is 28.7 Å². The first-order valence-electron chi connectivity index (χ1n) is 11.4. The van der Waals surface area contributed by atoms with Crippen molar-refractivity contribution in [2.75, 3.05) is 25.9 Å². The molecule has 9 heteroatoms. The quantitative estimate of drug-likeness (QED) is 0.393. The second-order valence-corrected chi connectivity index (χ2v) is 10.0. The van der Waals surface area contributed by atoms with Crippen LogP contribution in [0.15, 0.2) is 35.6 Å². The smallest absolute Gasteiger partial charge is 0.245 e. The Labute approximate surface area is 211 Å². The fraction of sp³-hybridized carbons (Fsp3) is 0.346. The van der Waals surface area contributed by atoms with Crippen molar-refractivity contribution >= 4 is 38.7 Å². The van der Waals surface area contributed by atoms with Crippen LogP contribution in [-0.4, -0.2) is 45.5 Å². The van der Waals surface area contributed by atoms with Crippen LogP contribution >= 0.6 is 15.9 Å². The lowest BCUT2D eigenvalue weighted by molar-refractivity contribution is -0.125. The lowest BCUT2D eigenvalue weighted by Gasteiger charge is -2.16. The maximum Gasteiger partial charge on any atom is 0.245 e. The van der Waals surface area contributed by atoms with Crippen LogP contribution in [0.2, 0.25) is 0 Å². The highest BCUT2D eigenvalue weighted by Gasteiger charge is 2.55. The van der Waals surface area contributed by atoms with E-state index in [4.69, 9.17) is 10.5 Å². The Balaban J connectivity index is 1.67. The monoisotopic (exact) mass is 537 g/mol. The van der Waals surface area contributed by atoms with E-state index in [1.54, 1.807) is 12.1 Å². The van der Waals surface area contributed by atoms with Gasteiger partial charge in [-0.05, 0) is 65.7 Å². The van der Waals surface area contributed by atoms with Gasteiger partial charge < -0.3 is 19.9 Å². The van der Waals surface area contributed by atoms with Crippen molar-refractivity contribution in [2.24, 2.45) is 17.8 Å². The molecule has 0 spiro atoms. The molecule has 2 fully saturated rings. The first-order chi connectivity index (χ1) is 16.8. The number of methoxy groups -OCH3 is 1. The van der Waals surface area contributed by atoms with Gasteiger partial charge in [-0.25, -0.2) is 14.4 Å². The van der Waals surface area contributed by atoms with E-state index in [-0.39, 0.29) is 29.4 Å². The van der Waals surface area contributed by atoms with E-state index in [9.17, 15) is 4.79 Å². The van der Waals surface area contributed by atoms with E-state index < -0.39 is 5.82 Å². The lowest BCUT2D eigenvalue weighted by atomic mass is 10.0. The number of anilines is 1. The molecule has 180 valence electrons. The number of nitrogens with zero attached hydrogens (tertiary/aromatic N) is 4. The zero-order valence-electron chi connectivity index (χ0n) is 19.7. The number of carbonyl (C=O) groups excluding carboxylic acids is 1. The van der Waals surface area contributed by atoms with Crippen LogP contribution in [0, 0.1) is 35.4 Å². The molecule has 0 radical (unpaired) electrons. The van der Waals surface area contributed by atoms with Gasteiger partial charge in [0.05, 0.1) is 17.0 Å². The largest absolute Gasteiger partial charge is 0.492 e. The molecule has 2 atom stereocenters. The van der Waals surface area contributed by atoms with Gasteiger partial charge in [0.2, 0.25) is 5.91 Å². The molecule has 7 nitrogen and oxygen atoms in total. The van der Waals surface area contributed by atoms with Crippen LogP contribution in [0.5, 0.6) is 5.75 Å². The first kappa shape index (κ1) is 23.4. The summed E-state index contributed by atoms with van der Waals surface area (Å²) in [4.78, 5) is 22.4. The van der Waals surface area contributed by atoms with E-state index in [1.165, 1.54) is 19.5 Å². The second kappa shape index (κ2) is 8.68. The standard InChI is InChI=1S/C26H25BrFN5O2/c1-5-20(34)32-10-16-14(17(16)11-32)7-9-19-21(15-6-8-18(27)24(35-4)23(15)28)22-25(29)30-12-31-26(22)33(19)13(2)3/h5-6,8,12-14,16-17H,1,10-11H2,2-4H3,(H2,29,30,31). The van der Waals surface area contributed by atoms with Crippen LogP contribution < -0.4 is 10.5 Å². The van der Waals surface area contributed by atoms with Crippen LogP contribution in [0.4, 0.5) is 10.2 Å². The van der Waals surface area contributed by atoms with Gasteiger partial charge >= 0.3 is 0 Å². The minimum atomic E-state index is -0.516. The molecule has 1 aliphatic carbocycles. The van der Waals surface area contributed by atoms with Gasteiger partial charge in [0.25, 0.3) is 0 Å². The summed E-state index contributed by atoms with van der Waals surface area (Å²) < 4.78 is 23.5. The molecule has 2 N–H and O–H groups in total. The number of aromatic nitrogens is 3. The fourth-order valence-corrected chi connectivity index (χ4v) is 5.63. The van der Waals surface area contributed by atoms with Gasteiger partial charge in [0, 0.05) is 36.2 Å². The molecule has 1 saturated carbocycles. The summed E-state index contributed by atoms with van der Waals surface area (Å²) in [5.41, 5.74) is 8.41. The molecule has 5 rings (SSSR count). The summed E-state index contributed by atoms with van der Waals surface area (Å²) in [5.74, 6) is 7.45. The summed E-state index contributed by atoms with van der Waals surface area (Å²) in [6.07, 6.45) is 2.76. The molecular formula is C26H25BrFN5O2. The molecule has 1 aliphatic heterocycles. The summed E-state index contributed by atoms with van der Waals surface area (Å²) in [6.45, 7) is 8.99. The van der Waals surface area contributed by atoms with Crippen LogP contribution in [0.3, 0.4) is 0 Å². The zero-order valence-corrected chi connectivity index (χ0v) is 21.3. The third-order valence-corrected chi connectivity index (χ3v) is 7.51. The van der Waals surface area contributed by atoms with E-state index in [0.29, 0.717) is 57.3 Å². The number of nitrogens with two attached hydrogens (primary N) is 1. The number of likely N-dealkylation sites (tertiary alicyclic amines) is 1. The predicted octanol–water partition coefficient (Wildman–Crippen LogP) is 4.41. The van der Waals surface area contributed by atoms with Crippen molar-refractivity contribution < 1.29 is 13.9 Å². The average molecular weight is 538 g/mol. The molecule has 3 heterocycles. The second-order valence-electron chi connectivity index (χ2n) is 9.16. The Bertz CT molecular complexity index is 1430. The van der Waals surface area contributed by atoms with Crippen molar-refractivity contribution in [1.29, 1.82) is 0 Å². The Morgan fingerprint density at radius 3 is 2.69 bits per heavy atom. The highest BCUT2D eigenvalue weighted by molar-refractivity contribution is 9.10. The molecule has 3 aromatic rings. The van der Waals surface area contributed by atoms with Gasteiger partial charge in [0.15, 0.2) is 11.6 Å². The molecule has 2 aromatic heterocycles. The van der Waals surface area contributed by atoms with Crippen molar-refractivity contribution in [3.63, 3.8) is 0 Å². The van der Waals surface area contributed by atoms with E-state index in [2.05, 4.69) is 44.3 Å². The number of benzene rings is 1. The third-order valence-electron chi connectivity index (χ3n) is 6.89.